The molecular formula is C19H28O2. The number of carbonyl (C=O) groups excluding carboxylic acids is 1. The van der Waals surface area contributed by atoms with Gasteiger partial charge in [0, 0.05) is 5.92 Å². The summed E-state index contributed by atoms with van der Waals surface area (Å²) in [7, 11) is 0. The standard InChI is InChI=1S/C19H28O2/c1-4-15-6-10-17(11-7-15)21-18-12-8-16(9-13-18)19(5-2)14(3)20/h8-9,12-13,15,17,19H,4-7,10-11H2,1-3H3. The number of carbonyl (C=O) groups is 1. The zero-order valence-corrected chi connectivity index (χ0v) is 13.6. The second-order valence-electron chi connectivity index (χ2n) is 6.31. The lowest BCUT2D eigenvalue weighted by Crippen LogP contribution is -2.23. The Hall–Kier alpha value is -1.31. The lowest BCUT2D eigenvalue weighted by atomic mass is 9.86. The first kappa shape index (κ1) is 16.1. The van der Waals surface area contributed by atoms with Crippen LogP contribution in [0.4, 0.5) is 0 Å². The molecule has 0 saturated heterocycles. The van der Waals surface area contributed by atoms with Crippen molar-refractivity contribution in [1.29, 1.82) is 0 Å². The topological polar surface area (TPSA) is 26.3 Å². The van der Waals surface area contributed by atoms with Crippen LogP contribution in [0.25, 0.3) is 0 Å². The Balaban J connectivity index is 1.92. The Morgan fingerprint density at radius 3 is 2.24 bits per heavy atom. The summed E-state index contributed by atoms with van der Waals surface area (Å²) in [5.74, 6) is 2.10. The molecule has 0 aromatic heterocycles. The smallest absolute Gasteiger partial charge is 0.137 e. The van der Waals surface area contributed by atoms with Crippen molar-refractivity contribution in [2.75, 3.05) is 0 Å². The zero-order valence-electron chi connectivity index (χ0n) is 13.6. The van der Waals surface area contributed by atoms with Gasteiger partial charge in [-0.1, -0.05) is 32.4 Å². The molecule has 1 aromatic carbocycles. The van der Waals surface area contributed by atoms with Crippen molar-refractivity contribution in [3.8, 4) is 5.75 Å². The largest absolute Gasteiger partial charge is 0.490 e. The number of ether oxygens (including phenoxy) is 1. The van der Waals surface area contributed by atoms with Crippen LogP contribution < -0.4 is 4.74 Å². The van der Waals surface area contributed by atoms with Crippen LogP contribution in [0.5, 0.6) is 5.75 Å². The maximum atomic E-state index is 11.6. The number of benzene rings is 1. The van der Waals surface area contributed by atoms with E-state index in [0.717, 1.165) is 23.7 Å². The molecule has 0 amide bonds. The lowest BCUT2D eigenvalue weighted by Gasteiger charge is -2.28. The van der Waals surface area contributed by atoms with E-state index in [4.69, 9.17) is 4.74 Å². The van der Waals surface area contributed by atoms with E-state index in [0.29, 0.717) is 6.10 Å². The predicted molar refractivity (Wildman–Crippen MR) is 86.8 cm³/mol. The van der Waals surface area contributed by atoms with Gasteiger partial charge in [0.1, 0.15) is 11.5 Å². The minimum Gasteiger partial charge on any atom is -0.490 e. The van der Waals surface area contributed by atoms with Crippen molar-refractivity contribution in [3.05, 3.63) is 29.8 Å². The molecule has 1 fully saturated rings. The molecule has 0 spiro atoms. The highest BCUT2D eigenvalue weighted by molar-refractivity contribution is 5.83. The van der Waals surface area contributed by atoms with E-state index in [2.05, 4.69) is 13.8 Å². The molecule has 0 N–H and O–H groups in total. The molecular weight excluding hydrogens is 260 g/mol. The Morgan fingerprint density at radius 1 is 1.14 bits per heavy atom. The molecule has 1 atom stereocenters. The summed E-state index contributed by atoms with van der Waals surface area (Å²) >= 11 is 0. The monoisotopic (exact) mass is 288 g/mol. The average molecular weight is 288 g/mol. The van der Waals surface area contributed by atoms with Gasteiger partial charge in [0.15, 0.2) is 0 Å². The molecule has 0 aliphatic heterocycles. The SMILES string of the molecule is CCC1CCC(Oc2ccc(C(CC)C(C)=O)cc2)CC1. The molecule has 21 heavy (non-hydrogen) atoms. The molecule has 1 saturated carbocycles. The number of rotatable bonds is 6. The third-order valence-electron chi connectivity index (χ3n) is 4.86. The third-order valence-corrected chi connectivity index (χ3v) is 4.86. The van der Waals surface area contributed by atoms with Crippen molar-refractivity contribution in [2.24, 2.45) is 5.92 Å². The van der Waals surface area contributed by atoms with Crippen LogP contribution in [-0.2, 0) is 4.79 Å². The fourth-order valence-corrected chi connectivity index (χ4v) is 3.39. The van der Waals surface area contributed by atoms with Crippen molar-refractivity contribution in [3.63, 3.8) is 0 Å². The average Bonchev–Trinajstić information content (AvgIpc) is 2.50. The molecule has 1 unspecified atom stereocenters. The molecule has 0 bridgehead atoms. The molecule has 1 aliphatic rings. The Morgan fingerprint density at radius 2 is 1.76 bits per heavy atom. The molecule has 1 aliphatic carbocycles. The fraction of sp³-hybridized carbons (Fsp3) is 0.632. The Kier molecular flexibility index (Phi) is 5.84. The molecule has 2 nitrogen and oxygen atoms in total. The second-order valence-corrected chi connectivity index (χ2v) is 6.31. The van der Waals surface area contributed by atoms with Crippen molar-refractivity contribution >= 4 is 5.78 Å². The van der Waals surface area contributed by atoms with Gasteiger partial charge in [-0.2, -0.15) is 0 Å². The van der Waals surface area contributed by atoms with E-state index >= 15 is 0 Å². The molecule has 2 heteroatoms. The first-order valence-corrected chi connectivity index (χ1v) is 8.41. The predicted octanol–water partition coefficient (Wildman–Crippen LogP) is 5.12. The van der Waals surface area contributed by atoms with Gasteiger partial charge < -0.3 is 4.74 Å². The quantitative estimate of drug-likeness (QED) is 0.726. The van der Waals surface area contributed by atoms with Gasteiger partial charge in [0.2, 0.25) is 0 Å². The summed E-state index contributed by atoms with van der Waals surface area (Å²) in [5, 5.41) is 0. The van der Waals surface area contributed by atoms with E-state index in [-0.39, 0.29) is 11.7 Å². The van der Waals surface area contributed by atoms with E-state index in [1.54, 1.807) is 6.92 Å². The molecule has 1 aromatic rings. The molecule has 0 heterocycles. The van der Waals surface area contributed by atoms with Gasteiger partial charge >= 0.3 is 0 Å². The van der Waals surface area contributed by atoms with Crippen molar-refractivity contribution in [1.82, 2.24) is 0 Å². The molecule has 0 radical (unpaired) electrons. The Bertz CT molecular complexity index is 441. The highest BCUT2D eigenvalue weighted by Crippen LogP contribution is 2.30. The Labute approximate surface area is 128 Å². The fourth-order valence-electron chi connectivity index (χ4n) is 3.39. The van der Waals surface area contributed by atoms with Gasteiger partial charge in [-0.25, -0.2) is 0 Å². The zero-order chi connectivity index (χ0) is 15.2. The summed E-state index contributed by atoms with van der Waals surface area (Å²) in [4.78, 5) is 11.6. The third kappa shape index (κ3) is 4.33. The van der Waals surface area contributed by atoms with Gasteiger partial charge in [-0.15, -0.1) is 0 Å². The minimum absolute atomic E-state index is 0.0269. The molecule has 2 rings (SSSR count). The van der Waals surface area contributed by atoms with Crippen molar-refractivity contribution < 1.29 is 9.53 Å². The first-order chi connectivity index (χ1) is 10.1. The summed E-state index contributed by atoms with van der Waals surface area (Å²) < 4.78 is 6.09. The van der Waals surface area contributed by atoms with Crippen LogP contribution in [0.1, 0.15) is 70.8 Å². The second kappa shape index (κ2) is 7.63. The van der Waals surface area contributed by atoms with Crippen LogP contribution in [0.15, 0.2) is 24.3 Å². The van der Waals surface area contributed by atoms with Gasteiger partial charge in [0.25, 0.3) is 0 Å². The summed E-state index contributed by atoms with van der Waals surface area (Å²) in [6.45, 7) is 6.01. The van der Waals surface area contributed by atoms with Gasteiger partial charge in [-0.05, 0) is 62.6 Å². The van der Waals surface area contributed by atoms with Crippen LogP contribution in [-0.4, -0.2) is 11.9 Å². The van der Waals surface area contributed by atoms with Crippen LogP contribution >= 0.6 is 0 Å². The number of ketones is 1. The van der Waals surface area contributed by atoms with Crippen LogP contribution in [0.2, 0.25) is 0 Å². The summed E-state index contributed by atoms with van der Waals surface area (Å²) in [5.41, 5.74) is 1.10. The van der Waals surface area contributed by atoms with Crippen LogP contribution in [0.3, 0.4) is 0 Å². The highest BCUT2D eigenvalue weighted by atomic mass is 16.5. The van der Waals surface area contributed by atoms with Crippen LogP contribution in [0, 0.1) is 5.92 Å². The van der Waals surface area contributed by atoms with Crippen molar-refractivity contribution in [2.45, 2.75) is 71.3 Å². The van der Waals surface area contributed by atoms with E-state index in [1.165, 1.54) is 32.1 Å². The summed E-state index contributed by atoms with van der Waals surface area (Å²) in [6.07, 6.45) is 7.45. The van der Waals surface area contributed by atoms with Gasteiger partial charge in [-0.3, -0.25) is 4.79 Å². The van der Waals surface area contributed by atoms with E-state index in [9.17, 15) is 4.79 Å². The highest BCUT2D eigenvalue weighted by Gasteiger charge is 2.21. The lowest BCUT2D eigenvalue weighted by molar-refractivity contribution is -0.118. The molecule has 116 valence electrons. The van der Waals surface area contributed by atoms with E-state index in [1.807, 2.05) is 24.3 Å². The number of Topliss-reactive ketones (excluding diaryl/α,β-unsaturated/α-hetero) is 1. The normalized spacial score (nSPS) is 23.6. The maximum Gasteiger partial charge on any atom is 0.137 e. The van der Waals surface area contributed by atoms with Gasteiger partial charge in [0.05, 0.1) is 6.10 Å². The number of hydrogen-bond donors (Lipinski definition) is 0. The maximum absolute atomic E-state index is 11.6. The first-order valence-electron chi connectivity index (χ1n) is 8.41. The summed E-state index contributed by atoms with van der Waals surface area (Å²) in [6, 6.07) is 8.13. The number of hydrogen-bond acceptors (Lipinski definition) is 2. The minimum atomic E-state index is 0.0269. The van der Waals surface area contributed by atoms with E-state index < -0.39 is 0 Å².